The highest BCUT2D eigenvalue weighted by molar-refractivity contribution is 5.95. The number of benzene rings is 2. The second-order valence-corrected chi connectivity index (χ2v) is 6.39. The van der Waals surface area contributed by atoms with Crippen LogP contribution < -0.4 is 10.6 Å². The Bertz CT molecular complexity index is 887. The van der Waals surface area contributed by atoms with Gasteiger partial charge in [-0.05, 0) is 42.7 Å². The second-order valence-electron chi connectivity index (χ2n) is 6.39. The molecule has 0 saturated carbocycles. The van der Waals surface area contributed by atoms with Crippen molar-refractivity contribution < 1.29 is 14.0 Å². The van der Waals surface area contributed by atoms with Crippen molar-refractivity contribution in [3.8, 4) is 11.1 Å². The first kappa shape index (κ1) is 18.5. The fraction of sp³-hybridized carbons (Fsp3) is 0.182. The summed E-state index contributed by atoms with van der Waals surface area (Å²) in [5, 5.41) is 5.55. The fourth-order valence-corrected chi connectivity index (χ4v) is 2.76. The van der Waals surface area contributed by atoms with Crippen molar-refractivity contribution in [2.24, 2.45) is 0 Å². The van der Waals surface area contributed by atoms with Gasteiger partial charge in [-0.15, -0.1) is 0 Å². The molecule has 1 heterocycles. The minimum Gasteiger partial charge on any atom is -0.459 e. The Kier molecular flexibility index (Phi) is 5.71. The molecule has 27 heavy (non-hydrogen) atoms. The van der Waals surface area contributed by atoms with E-state index in [1.807, 2.05) is 49.4 Å². The van der Waals surface area contributed by atoms with E-state index in [2.05, 4.69) is 22.8 Å². The number of carbonyl (C=O) groups excluding carboxylic acids is 2. The number of hydrogen-bond acceptors (Lipinski definition) is 3. The lowest BCUT2D eigenvalue weighted by Crippen LogP contribution is -2.45. The number of amides is 2. The van der Waals surface area contributed by atoms with Crippen LogP contribution in [0.1, 0.15) is 36.0 Å². The Morgan fingerprint density at radius 2 is 1.48 bits per heavy atom. The van der Waals surface area contributed by atoms with Crippen LogP contribution in [0.25, 0.3) is 11.1 Å². The highest BCUT2D eigenvalue weighted by Gasteiger charge is 2.20. The van der Waals surface area contributed by atoms with Gasteiger partial charge in [0, 0.05) is 0 Å². The first-order valence-corrected chi connectivity index (χ1v) is 8.84. The molecule has 2 aromatic carbocycles. The molecule has 138 valence electrons. The summed E-state index contributed by atoms with van der Waals surface area (Å²) in [4.78, 5) is 24.3. The predicted molar refractivity (Wildman–Crippen MR) is 104 cm³/mol. The summed E-state index contributed by atoms with van der Waals surface area (Å²) in [5.74, 6) is -0.490. The molecule has 0 saturated heterocycles. The zero-order chi connectivity index (χ0) is 19.2. The minimum absolute atomic E-state index is 0.176. The quantitative estimate of drug-likeness (QED) is 0.698. The van der Waals surface area contributed by atoms with E-state index in [1.54, 1.807) is 19.1 Å². The Hall–Kier alpha value is -3.34. The standard InChI is InChI=1S/C22H22N2O3/c1-15(17-10-12-19(13-11-17)18-7-4-3-5-8-18)23-21(25)16(2)24-22(26)20-9-6-14-27-20/h3-16H,1-2H3,(H,23,25)(H,24,26)/t15-,16-/m0/s1. The molecule has 0 radical (unpaired) electrons. The largest absolute Gasteiger partial charge is 0.459 e. The lowest BCUT2D eigenvalue weighted by molar-refractivity contribution is -0.123. The molecule has 0 fully saturated rings. The van der Waals surface area contributed by atoms with Crippen LogP contribution in [-0.4, -0.2) is 17.9 Å². The van der Waals surface area contributed by atoms with Gasteiger partial charge in [0.2, 0.25) is 5.91 Å². The monoisotopic (exact) mass is 362 g/mol. The topological polar surface area (TPSA) is 71.3 Å². The van der Waals surface area contributed by atoms with Gasteiger partial charge in [-0.25, -0.2) is 0 Å². The molecule has 0 aliphatic rings. The average Bonchev–Trinajstić information content (AvgIpc) is 3.23. The lowest BCUT2D eigenvalue weighted by atomic mass is 10.0. The van der Waals surface area contributed by atoms with Crippen molar-refractivity contribution in [1.29, 1.82) is 0 Å². The third kappa shape index (κ3) is 4.64. The van der Waals surface area contributed by atoms with Crippen LogP contribution in [0.5, 0.6) is 0 Å². The minimum atomic E-state index is -0.673. The van der Waals surface area contributed by atoms with Crippen molar-refractivity contribution in [1.82, 2.24) is 10.6 Å². The number of carbonyl (C=O) groups is 2. The van der Waals surface area contributed by atoms with E-state index < -0.39 is 11.9 Å². The molecule has 2 atom stereocenters. The normalized spacial score (nSPS) is 12.8. The first-order valence-electron chi connectivity index (χ1n) is 8.84. The maximum atomic E-state index is 12.4. The Morgan fingerprint density at radius 1 is 0.815 bits per heavy atom. The Balaban J connectivity index is 1.58. The molecule has 0 spiro atoms. The molecular formula is C22H22N2O3. The molecule has 3 aromatic rings. The van der Waals surface area contributed by atoms with Gasteiger partial charge in [-0.3, -0.25) is 9.59 Å². The number of furan rings is 1. The molecule has 2 N–H and O–H groups in total. The van der Waals surface area contributed by atoms with Crippen LogP contribution in [-0.2, 0) is 4.79 Å². The van der Waals surface area contributed by atoms with E-state index in [9.17, 15) is 9.59 Å². The highest BCUT2D eigenvalue weighted by atomic mass is 16.3. The van der Waals surface area contributed by atoms with Crippen LogP contribution in [0.4, 0.5) is 0 Å². The van der Waals surface area contributed by atoms with Gasteiger partial charge in [0.1, 0.15) is 6.04 Å². The molecule has 5 heteroatoms. The van der Waals surface area contributed by atoms with Gasteiger partial charge < -0.3 is 15.1 Å². The summed E-state index contributed by atoms with van der Waals surface area (Å²) >= 11 is 0. The zero-order valence-electron chi connectivity index (χ0n) is 15.3. The summed E-state index contributed by atoms with van der Waals surface area (Å²) in [5.41, 5.74) is 3.26. The fourth-order valence-electron chi connectivity index (χ4n) is 2.76. The molecule has 3 rings (SSSR count). The van der Waals surface area contributed by atoms with Gasteiger partial charge in [0.15, 0.2) is 5.76 Å². The third-order valence-electron chi connectivity index (χ3n) is 4.36. The third-order valence-corrected chi connectivity index (χ3v) is 4.36. The zero-order valence-corrected chi connectivity index (χ0v) is 15.3. The summed E-state index contributed by atoms with van der Waals surface area (Å²) in [6.45, 7) is 3.55. The average molecular weight is 362 g/mol. The van der Waals surface area contributed by atoms with Crippen LogP contribution in [0.15, 0.2) is 77.4 Å². The maximum absolute atomic E-state index is 12.4. The summed E-state index contributed by atoms with van der Waals surface area (Å²) in [7, 11) is 0. The first-order chi connectivity index (χ1) is 13.0. The van der Waals surface area contributed by atoms with Crippen LogP contribution in [0.3, 0.4) is 0 Å². The number of hydrogen-bond donors (Lipinski definition) is 2. The van der Waals surface area contributed by atoms with E-state index >= 15 is 0 Å². The van der Waals surface area contributed by atoms with E-state index in [1.165, 1.54) is 6.26 Å². The van der Waals surface area contributed by atoms with Crippen molar-refractivity contribution in [3.05, 3.63) is 84.3 Å². The molecule has 0 aliphatic heterocycles. The van der Waals surface area contributed by atoms with Gasteiger partial charge in [-0.2, -0.15) is 0 Å². The van der Waals surface area contributed by atoms with Crippen molar-refractivity contribution >= 4 is 11.8 Å². The Morgan fingerprint density at radius 3 is 2.11 bits per heavy atom. The van der Waals surface area contributed by atoms with E-state index in [4.69, 9.17) is 4.42 Å². The van der Waals surface area contributed by atoms with Gasteiger partial charge >= 0.3 is 0 Å². The SMILES string of the molecule is C[C@H](NC(=O)c1ccco1)C(=O)N[C@@H](C)c1ccc(-c2ccccc2)cc1. The highest BCUT2D eigenvalue weighted by Crippen LogP contribution is 2.21. The number of rotatable bonds is 6. The van der Waals surface area contributed by atoms with E-state index in [0.717, 1.165) is 16.7 Å². The van der Waals surface area contributed by atoms with Gasteiger partial charge in [0.25, 0.3) is 5.91 Å². The van der Waals surface area contributed by atoms with Gasteiger partial charge in [0.05, 0.1) is 12.3 Å². The molecule has 0 aliphatic carbocycles. The summed E-state index contributed by atoms with van der Waals surface area (Å²) in [6, 6.07) is 20.5. The summed E-state index contributed by atoms with van der Waals surface area (Å²) < 4.78 is 5.03. The predicted octanol–water partition coefficient (Wildman–Crippen LogP) is 3.94. The van der Waals surface area contributed by atoms with Gasteiger partial charge in [-0.1, -0.05) is 54.6 Å². The molecule has 0 bridgehead atoms. The molecular weight excluding hydrogens is 340 g/mol. The molecule has 5 nitrogen and oxygen atoms in total. The van der Waals surface area contributed by atoms with Crippen LogP contribution in [0.2, 0.25) is 0 Å². The molecule has 1 aromatic heterocycles. The number of nitrogens with one attached hydrogen (secondary N) is 2. The van der Waals surface area contributed by atoms with Crippen molar-refractivity contribution in [3.63, 3.8) is 0 Å². The van der Waals surface area contributed by atoms with Crippen LogP contribution in [0, 0.1) is 0 Å². The van der Waals surface area contributed by atoms with Crippen LogP contribution >= 0.6 is 0 Å². The second kappa shape index (κ2) is 8.36. The van der Waals surface area contributed by atoms with Crippen molar-refractivity contribution in [2.75, 3.05) is 0 Å². The lowest BCUT2D eigenvalue weighted by Gasteiger charge is -2.19. The van der Waals surface area contributed by atoms with E-state index in [0.29, 0.717) is 0 Å². The van der Waals surface area contributed by atoms with Crippen molar-refractivity contribution in [2.45, 2.75) is 25.9 Å². The maximum Gasteiger partial charge on any atom is 0.287 e. The smallest absolute Gasteiger partial charge is 0.287 e. The molecule has 0 unspecified atom stereocenters. The van der Waals surface area contributed by atoms with E-state index in [-0.39, 0.29) is 17.7 Å². The summed E-state index contributed by atoms with van der Waals surface area (Å²) in [6.07, 6.45) is 1.42. The molecule has 2 amide bonds. The Labute approximate surface area is 158 Å².